The average Bonchev–Trinajstić information content (AvgIpc) is 2.09. The minimum Gasteiger partial charge on any atom is -0.616 e. The molecule has 14 heavy (non-hydrogen) atoms. The van der Waals surface area contributed by atoms with Crippen molar-refractivity contribution >= 4 is 17.1 Å². The highest BCUT2D eigenvalue weighted by Crippen LogP contribution is 2.13. The molecule has 3 nitrogen and oxygen atoms in total. The van der Waals surface area contributed by atoms with E-state index in [1.165, 1.54) is 0 Å². The smallest absolute Gasteiger partial charge is 0.357 e. The standard InChI is InChI=1S/C8H14F2O3S/c1-2-3-6(8(11)12)14(13)5-4-7(9)10/h6-7H,2-5H2,1H3,(H,11,12). The summed E-state index contributed by atoms with van der Waals surface area (Å²) in [6.45, 7) is 1.76. The Balaban J connectivity index is 4.01. The molecular weight excluding hydrogens is 214 g/mol. The second-order valence-corrected chi connectivity index (χ2v) is 4.62. The van der Waals surface area contributed by atoms with Gasteiger partial charge in [-0.3, -0.25) is 0 Å². The number of rotatable bonds is 7. The van der Waals surface area contributed by atoms with Gasteiger partial charge in [0.25, 0.3) is 0 Å². The topological polar surface area (TPSA) is 60.4 Å². The van der Waals surface area contributed by atoms with Gasteiger partial charge in [-0.25, -0.2) is 13.6 Å². The van der Waals surface area contributed by atoms with Gasteiger partial charge in [-0.1, -0.05) is 13.3 Å². The lowest BCUT2D eigenvalue weighted by molar-refractivity contribution is -0.136. The molecule has 2 unspecified atom stereocenters. The van der Waals surface area contributed by atoms with Gasteiger partial charge in [0, 0.05) is 6.42 Å². The van der Waals surface area contributed by atoms with Crippen LogP contribution in [0.5, 0.6) is 0 Å². The van der Waals surface area contributed by atoms with Crippen molar-refractivity contribution in [2.45, 2.75) is 37.9 Å². The first-order valence-electron chi connectivity index (χ1n) is 4.37. The van der Waals surface area contributed by atoms with Crippen LogP contribution < -0.4 is 0 Å². The Morgan fingerprint density at radius 1 is 1.50 bits per heavy atom. The van der Waals surface area contributed by atoms with E-state index >= 15 is 0 Å². The molecular formula is C8H14F2O3S. The predicted octanol–water partition coefficient (Wildman–Crippen LogP) is 1.64. The minimum atomic E-state index is -2.52. The number of alkyl halides is 2. The van der Waals surface area contributed by atoms with E-state index in [0.29, 0.717) is 6.42 Å². The van der Waals surface area contributed by atoms with Crippen molar-refractivity contribution in [1.29, 1.82) is 0 Å². The monoisotopic (exact) mass is 228 g/mol. The van der Waals surface area contributed by atoms with Gasteiger partial charge in [-0.2, -0.15) is 0 Å². The van der Waals surface area contributed by atoms with E-state index in [4.69, 9.17) is 5.11 Å². The maximum absolute atomic E-state index is 11.8. The largest absolute Gasteiger partial charge is 0.616 e. The van der Waals surface area contributed by atoms with Crippen molar-refractivity contribution in [3.63, 3.8) is 0 Å². The molecule has 1 N–H and O–H groups in total. The highest BCUT2D eigenvalue weighted by atomic mass is 32.2. The van der Waals surface area contributed by atoms with Crippen molar-refractivity contribution in [3.05, 3.63) is 0 Å². The molecule has 0 bridgehead atoms. The van der Waals surface area contributed by atoms with Crippen molar-refractivity contribution in [1.82, 2.24) is 0 Å². The molecule has 2 atom stereocenters. The fraction of sp³-hybridized carbons (Fsp3) is 0.875. The summed E-state index contributed by atoms with van der Waals surface area (Å²) in [6.07, 6.45) is -2.17. The summed E-state index contributed by atoms with van der Waals surface area (Å²) >= 11 is -1.69. The van der Waals surface area contributed by atoms with E-state index in [1.807, 2.05) is 0 Å². The van der Waals surface area contributed by atoms with E-state index in [2.05, 4.69) is 0 Å². The summed E-state index contributed by atoms with van der Waals surface area (Å²) in [4.78, 5) is 10.6. The Morgan fingerprint density at radius 2 is 2.07 bits per heavy atom. The Labute approximate surface area is 84.7 Å². The molecule has 0 amide bonds. The zero-order chi connectivity index (χ0) is 11.1. The fourth-order valence-corrected chi connectivity index (χ4v) is 2.40. The van der Waals surface area contributed by atoms with Crippen molar-refractivity contribution in [2.24, 2.45) is 0 Å². The number of aliphatic carboxylic acids is 1. The van der Waals surface area contributed by atoms with E-state index < -0.39 is 35.2 Å². The Bertz CT molecular complexity index is 178. The second kappa shape index (κ2) is 7.00. The van der Waals surface area contributed by atoms with Gasteiger partial charge in [0.2, 0.25) is 11.7 Å². The molecule has 6 heteroatoms. The highest BCUT2D eigenvalue weighted by Gasteiger charge is 2.29. The first-order valence-corrected chi connectivity index (χ1v) is 5.75. The maximum atomic E-state index is 11.8. The zero-order valence-corrected chi connectivity index (χ0v) is 8.73. The average molecular weight is 228 g/mol. The molecule has 0 aliphatic heterocycles. The molecule has 0 spiro atoms. The molecule has 0 saturated carbocycles. The molecule has 0 rings (SSSR count). The SMILES string of the molecule is CCCC(C(=O)O)[S+]([O-])CCC(F)F. The second-order valence-electron chi connectivity index (χ2n) is 2.88. The van der Waals surface area contributed by atoms with Crippen molar-refractivity contribution in [3.8, 4) is 0 Å². The van der Waals surface area contributed by atoms with E-state index in [9.17, 15) is 18.1 Å². The van der Waals surface area contributed by atoms with Crippen molar-refractivity contribution < 1.29 is 23.2 Å². The number of halogens is 2. The fourth-order valence-electron chi connectivity index (χ4n) is 0.977. The summed E-state index contributed by atoms with van der Waals surface area (Å²) < 4.78 is 34.8. The van der Waals surface area contributed by atoms with Crippen molar-refractivity contribution in [2.75, 3.05) is 5.75 Å². The maximum Gasteiger partial charge on any atom is 0.357 e. The number of hydrogen-bond donors (Lipinski definition) is 1. The molecule has 0 aliphatic rings. The lowest BCUT2D eigenvalue weighted by Crippen LogP contribution is -2.32. The molecule has 0 heterocycles. The van der Waals surface area contributed by atoms with Crippen LogP contribution in [0.3, 0.4) is 0 Å². The molecule has 0 aliphatic carbocycles. The number of carboxylic acid groups (broad SMARTS) is 1. The minimum absolute atomic E-state index is 0.241. The summed E-state index contributed by atoms with van der Waals surface area (Å²) in [5.41, 5.74) is 0. The van der Waals surface area contributed by atoms with Crippen LogP contribution in [-0.2, 0) is 16.0 Å². The normalized spacial score (nSPS) is 15.5. The quantitative estimate of drug-likeness (QED) is 0.674. The van der Waals surface area contributed by atoms with E-state index in [-0.39, 0.29) is 12.2 Å². The summed E-state index contributed by atoms with van der Waals surface area (Å²) in [5.74, 6) is -1.41. The van der Waals surface area contributed by atoms with Crippen LogP contribution in [0.25, 0.3) is 0 Å². The van der Waals surface area contributed by atoms with Gasteiger partial charge in [0.05, 0.1) is 6.42 Å². The molecule has 0 saturated heterocycles. The molecule has 0 fully saturated rings. The van der Waals surface area contributed by atoms with Crippen LogP contribution in [-0.4, -0.2) is 33.1 Å². The number of hydrogen-bond acceptors (Lipinski definition) is 2. The van der Waals surface area contributed by atoms with Gasteiger partial charge in [0.15, 0.2) is 0 Å². The summed E-state index contributed by atoms with van der Waals surface area (Å²) in [7, 11) is 0. The molecule has 0 aromatic heterocycles. The first-order chi connectivity index (χ1) is 6.49. The van der Waals surface area contributed by atoms with Crippen LogP contribution >= 0.6 is 0 Å². The van der Waals surface area contributed by atoms with Crippen LogP contribution in [0.15, 0.2) is 0 Å². The zero-order valence-electron chi connectivity index (χ0n) is 7.91. The van der Waals surface area contributed by atoms with Gasteiger partial charge in [-0.05, 0) is 11.2 Å². The lowest BCUT2D eigenvalue weighted by atomic mass is 10.2. The Kier molecular flexibility index (Phi) is 6.82. The van der Waals surface area contributed by atoms with Gasteiger partial charge in [-0.15, -0.1) is 0 Å². The predicted molar refractivity (Wildman–Crippen MR) is 50.0 cm³/mol. The van der Waals surface area contributed by atoms with Gasteiger partial charge in [0.1, 0.15) is 5.75 Å². The molecule has 0 aromatic carbocycles. The van der Waals surface area contributed by atoms with E-state index in [0.717, 1.165) is 0 Å². The van der Waals surface area contributed by atoms with Crippen LogP contribution in [0.2, 0.25) is 0 Å². The van der Waals surface area contributed by atoms with Crippen LogP contribution in [0.4, 0.5) is 8.78 Å². The third-order valence-corrected chi connectivity index (χ3v) is 3.39. The number of carboxylic acids is 1. The third-order valence-electron chi connectivity index (χ3n) is 1.68. The summed E-state index contributed by atoms with van der Waals surface area (Å²) in [5, 5.41) is 7.66. The number of carbonyl (C=O) groups is 1. The lowest BCUT2D eigenvalue weighted by Gasteiger charge is -2.17. The molecule has 0 radical (unpaired) electrons. The van der Waals surface area contributed by atoms with Gasteiger partial charge < -0.3 is 9.66 Å². The van der Waals surface area contributed by atoms with Crippen LogP contribution in [0.1, 0.15) is 26.2 Å². The third kappa shape index (κ3) is 5.39. The first kappa shape index (κ1) is 13.6. The Hall–Kier alpha value is -0.360. The van der Waals surface area contributed by atoms with Crippen LogP contribution in [0, 0.1) is 0 Å². The highest BCUT2D eigenvalue weighted by molar-refractivity contribution is 7.92. The molecule has 84 valence electrons. The van der Waals surface area contributed by atoms with Gasteiger partial charge >= 0.3 is 5.97 Å². The molecule has 0 aromatic rings. The summed E-state index contributed by atoms with van der Waals surface area (Å²) in [6, 6.07) is 0. The Morgan fingerprint density at radius 3 is 2.43 bits per heavy atom. The van der Waals surface area contributed by atoms with E-state index in [1.54, 1.807) is 6.92 Å².